The molecule has 0 fully saturated rings. The third-order valence-electron chi connectivity index (χ3n) is 2.06. The molecular formula is C10H16BrNS. The quantitative estimate of drug-likeness (QED) is 0.858. The highest BCUT2D eigenvalue weighted by Gasteiger charge is 2.02. The first kappa shape index (κ1) is 11.2. The van der Waals surface area contributed by atoms with Crippen LogP contribution in [0.15, 0.2) is 15.9 Å². The van der Waals surface area contributed by atoms with Crippen molar-refractivity contribution in [3.63, 3.8) is 0 Å². The molecule has 0 amide bonds. The highest BCUT2D eigenvalue weighted by molar-refractivity contribution is 9.10. The van der Waals surface area contributed by atoms with Gasteiger partial charge in [0.15, 0.2) is 0 Å². The lowest BCUT2D eigenvalue weighted by atomic mass is 10.1. The summed E-state index contributed by atoms with van der Waals surface area (Å²) in [5.74, 6) is 0.769. The summed E-state index contributed by atoms with van der Waals surface area (Å²) < 4.78 is 1.22. The zero-order valence-electron chi connectivity index (χ0n) is 8.14. The summed E-state index contributed by atoms with van der Waals surface area (Å²) in [6.45, 7) is 3.41. The summed E-state index contributed by atoms with van der Waals surface area (Å²) in [6, 6.07) is 2.22. The van der Waals surface area contributed by atoms with E-state index in [1.54, 1.807) is 0 Å². The first-order valence-corrected chi connectivity index (χ1v) is 6.27. The first-order chi connectivity index (χ1) is 6.22. The van der Waals surface area contributed by atoms with Crippen molar-refractivity contribution in [3.8, 4) is 0 Å². The van der Waals surface area contributed by atoms with Crippen LogP contribution in [0.4, 0.5) is 0 Å². The molecule has 0 saturated carbocycles. The Hall–Kier alpha value is 0.140. The van der Waals surface area contributed by atoms with Crippen LogP contribution in [-0.2, 0) is 6.42 Å². The summed E-state index contributed by atoms with van der Waals surface area (Å²) in [5.41, 5.74) is 0. The van der Waals surface area contributed by atoms with Crippen LogP contribution in [-0.4, -0.2) is 13.6 Å². The molecule has 0 spiro atoms. The van der Waals surface area contributed by atoms with Gasteiger partial charge in [0.05, 0.1) is 0 Å². The second-order valence-electron chi connectivity index (χ2n) is 3.43. The lowest BCUT2D eigenvalue weighted by molar-refractivity contribution is 0.506. The number of hydrogen-bond acceptors (Lipinski definition) is 2. The van der Waals surface area contributed by atoms with Crippen molar-refractivity contribution in [1.82, 2.24) is 5.32 Å². The van der Waals surface area contributed by atoms with Crippen LogP contribution in [0.5, 0.6) is 0 Å². The molecule has 0 aliphatic carbocycles. The molecular weight excluding hydrogens is 246 g/mol. The van der Waals surface area contributed by atoms with E-state index in [9.17, 15) is 0 Å². The molecule has 1 aromatic heterocycles. The van der Waals surface area contributed by atoms with Gasteiger partial charge in [0, 0.05) is 14.7 Å². The Balaban J connectivity index is 2.26. The normalized spacial score (nSPS) is 13.2. The third kappa shape index (κ3) is 4.25. The van der Waals surface area contributed by atoms with Crippen molar-refractivity contribution in [2.24, 2.45) is 5.92 Å². The maximum Gasteiger partial charge on any atom is 0.0285 e. The summed E-state index contributed by atoms with van der Waals surface area (Å²) in [6.07, 6.45) is 2.48. The largest absolute Gasteiger partial charge is 0.319 e. The van der Waals surface area contributed by atoms with Crippen LogP contribution in [0.25, 0.3) is 0 Å². The Kier molecular flexibility index (Phi) is 4.99. The van der Waals surface area contributed by atoms with Gasteiger partial charge in [-0.25, -0.2) is 0 Å². The summed E-state index contributed by atoms with van der Waals surface area (Å²) in [7, 11) is 2.01. The van der Waals surface area contributed by atoms with E-state index >= 15 is 0 Å². The smallest absolute Gasteiger partial charge is 0.0285 e. The van der Waals surface area contributed by atoms with Gasteiger partial charge in [-0.2, -0.15) is 0 Å². The second-order valence-corrected chi connectivity index (χ2v) is 5.34. The van der Waals surface area contributed by atoms with Crippen molar-refractivity contribution in [2.45, 2.75) is 19.8 Å². The van der Waals surface area contributed by atoms with Gasteiger partial charge in [0.1, 0.15) is 0 Å². The van der Waals surface area contributed by atoms with E-state index in [4.69, 9.17) is 0 Å². The molecule has 0 aromatic carbocycles. The molecule has 1 rings (SSSR count). The molecule has 74 valence electrons. The van der Waals surface area contributed by atoms with E-state index < -0.39 is 0 Å². The fraction of sp³-hybridized carbons (Fsp3) is 0.600. The van der Waals surface area contributed by atoms with Gasteiger partial charge in [-0.05, 0) is 54.3 Å². The number of halogens is 1. The number of thiophene rings is 1. The summed E-state index contributed by atoms with van der Waals surface area (Å²) in [4.78, 5) is 1.48. The minimum atomic E-state index is 0.769. The van der Waals surface area contributed by atoms with Gasteiger partial charge >= 0.3 is 0 Å². The Morgan fingerprint density at radius 2 is 2.38 bits per heavy atom. The lowest BCUT2D eigenvalue weighted by Gasteiger charge is -2.08. The summed E-state index contributed by atoms with van der Waals surface area (Å²) in [5, 5.41) is 5.35. The van der Waals surface area contributed by atoms with Gasteiger partial charge < -0.3 is 5.32 Å². The van der Waals surface area contributed by atoms with Crippen LogP contribution in [0.3, 0.4) is 0 Å². The Morgan fingerprint density at radius 3 is 2.92 bits per heavy atom. The van der Waals surface area contributed by atoms with Gasteiger partial charge in [0.2, 0.25) is 0 Å². The van der Waals surface area contributed by atoms with Gasteiger partial charge in [-0.1, -0.05) is 6.92 Å². The zero-order chi connectivity index (χ0) is 9.68. The van der Waals surface area contributed by atoms with Crippen molar-refractivity contribution in [2.75, 3.05) is 13.6 Å². The highest BCUT2D eigenvalue weighted by atomic mass is 79.9. The monoisotopic (exact) mass is 261 g/mol. The van der Waals surface area contributed by atoms with E-state index in [1.165, 1.54) is 22.2 Å². The molecule has 1 atom stereocenters. The predicted molar refractivity (Wildman–Crippen MR) is 63.4 cm³/mol. The molecule has 3 heteroatoms. The number of aryl methyl sites for hydroxylation is 1. The van der Waals surface area contributed by atoms with E-state index in [1.807, 2.05) is 18.4 Å². The SMILES string of the molecule is CNCC(C)CCc1cc(Br)cs1. The van der Waals surface area contributed by atoms with E-state index in [0.717, 1.165) is 12.5 Å². The minimum Gasteiger partial charge on any atom is -0.319 e. The van der Waals surface area contributed by atoms with Crippen molar-refractivity contribution < 1.29 is 0 Å². The molecule has 0 aliphatic rings. The highest BCUT2D eigenvalue weighted by Crippen LogP contribution is 2.21. The molecule has 0 aliphatic heterocycles. The van der Waals surface area contributed by atoms with Crippen molar-refractivity contribution >= 4 is 27.3 Å². The minimum absolute atomic E-state index is 0.769. The molecule has 1 N–H and O–H groups in total. The standard InChI is InChI=1S/C10H16BrNS/c1-8(6-12-2)3-4-10-5-9(11)7-13-10/h5,7-8,12H,3-4,6H2,1-2H3. The molecule has 0 radical (unpaired) electrons. The number of hydrogen-bond donors (Lipinski definition) is 1. The van der Waals surface area contributed by atoms with E-state index in [-0.39, 0.29) is 0 Å². The molecule has 1 aromatic rings. The molecule has 0 bridgehead atoms. The van der Waals surface area contributed by atoms with E-state index in [2.05, 4.69) is 39.6 Å². The Bertz CT molecular complexity index is 247. The predicted octanol–water partition coefficient (Wildman–Crippen LogP) is 3.30. The molecule has 1 heterocycles. The van der Waals surface area contributed by atoms with Gasteiger partial charge in [-0.15, -0.1) is 11.3 Å². The molecule has 1 nitrogen and oxygen atoms in total. The van der Waals surface area contributed by atoms with Gasteiger partial charge in [-0.3, -0.25) is 0 Å². The molecule has 0 saturated heterocycles. The topological polar surface area (TPSA) is 12.0 Å². The van der Waals surface area contributed by atoms with Crippen LogP contribution < -0.4 is 5.32 Å². The van der Waals surface area contributed by atoms with Crippen molar-refractivity contribution in [1.29, 1.82) is 0 Å². The van der Waals surface area contributed by atoms with Crippen LogP contribution in [0.2, 0.25) is 0 Å². The fourth-order valence-electron chi connectivity index (χ4n) is 1.32. The maximum absolute atomic E-state index is 3.47. The van der Waals surface area contributed by atoms with Crippen molar-refractivity contribution in [3.05, 3.63) is 20.8 Å². The third-order valence-corrected chi connectivity index (χ3v) is 3.82. The van der Waals surface area contributed by atoms with Gasteiger partial charge in [0.25, 0.3) is 0 Å². The Labute approximate surface area is 92.7 Å². The average molecular weight is 262 g/mol. The number of nitrogens with one attached hydrogen (secondary N) is 1. The summed E-state index contributed by atoms with van der Waals surface area (Å²) >= 11 is 5.31. The molecule has 1 unspecified atom stereocenters. The van der Waals surface area contributed by atoms with E-state index in [0.29, 0.717) is 0 Å². The molecule has 13 heavy (non-hydrogen) atoms. The van der Waals surface area contributed by atoms with Crippen LogP contribution in [0.1, 0.15) is 18.2 Å². The second kappa shape index (κ2) is 5.78. The van der Waals surface area contributed by atoms with Crippen LogP contribution >= 0.6 is 27.3 Å². The average Bonchev–Trinajstić information content (AvgIpc) is 2.49. The maximum atomic E-state index is 3.47. The van der Waals surface area contributed by atoms with Crippen LogP contribution in [0, 0.1) is 5.92 Å². The Morgan fingerprint density at radius 1 is 1.62 bits per heavy atom. The lowest BCUT2D eigenvalue weighted by Crippen LogP contribution is -2.16. The zero-order valence-corrected chi connectivity index (χ0v) is 10.5. The first-order valence-electron chi connectivity index (χ1n) is 4.60. The number of rotatable bonds is 5. The fourth-order valence-corrected chi connectivity index (χ4v) is 2.80.